The zero-order valence-corrected chi connectivity index (χ0v) is 18.3. The van der Waals surface area contributed by atoms with Crippen molar-refractivity contribution in [2.45, 2.75) is 13.8 Å². The van der Waals surface area contributed by atoms with Gasteiger partial charge >= 0.3 is 5.97 Å². The average molecular weight is 475 g/mol. The van der Waals surface area contributed by atoms with E-state index in [-0.39, 0.29) is 12.5 Å². The predicted molar refractivity (Wildman–Crippen MR) is 118 cm³/mol. The monoisotopic (exact) mass is 474 g/mol. The second-order valence-corrected chi connectivity index (χ2v) is 8.04. The predicted octanol–water partition coefficient (Wildman–Crippen LogP) is 4.59. The molecule has 1 N–H and O–H groups in total. The number of benzene rings is 2. The molecule has 0 spiro atoms. The number of amides is 1. The Balaban J connectivity index is 1.80. The van der Waals surface area contributed by atoms with Gasteiger partial charge in [-0.05, 0) is 62.0 Å². The van der Waals surface area contributed by atoms with Gasteiger partial charge in [-0.3, -0.25) is 4.79 Å². The van der Waals surface area contributed by atoms with Gasteiger partial charge in [0.15, 0.2) is 11.8 Å². The summed E-state index contributed by atoms with van der Waals surface area (Å²) in [6.45, 7) is 3.83. The summed E-state index contributed by atoms with van der Waals surface area (Å²) in [7, 11) is 0. The molecular weight excluding hydrogens is 456 g/mol. The number of amidine groups is 1. The van der Waals surface area contributed by atoms with E-state index in [1.807, 2.05) is 37.3 Å². The molecule has 1 aliphatic rings. The second-order valence-electron chi connectivity index (χ2n) is 6.09. The molecule has 0 radical (unpaired) electrons. The summed E-state index contributed by atoms with van der Waals surface area (Å²) >= 11 is 4.67. The maximum atomic E-state index is 12.4. The Morgan fingerprint density at radius 1 is 1.24 bits per heavy atom. The van der Waals surface area contributed by atoms with Gasteiger partial charge in [0.25, 0.3) is 5.91 Å². The smallest absolute Gasteiger partial charge is 0.344 e. The molecule has 8 heteroatoms. The average Bonchev–Trinajstić information content (AvgIpc) is 3.02. The van der Waals surface area contributed by atoms with Crippen molar-refractivity contribution >= 4 is 56.5 Å². The lowest BCUT2D eigenvalue weighted by Gasteiger charge is -2.09. The van der Waals surface area contributed by atoms with Crippen LogP contribution in [-0.2, 0) is 14.3 Å². The second kappa shape index (κ2) is 9.76. The van der Waals surface area contributed by atoms with Crippen molar-refractivity contribution in [1.29, 1.82) is 0 Å². The van der Waals surface area contributed by atoms with Gasteiger partial charge in [-0.2, -0.15) is 0 Å². The van der Waals surface area contributed by atoms with Crippen LogP contribution in [0.4, 0.5) is 5.69 Å². The molecule has 3 rings (SSSR count). The molecule has 1 fully saturated rings. The first-order valence-electron chi connectivity index (χ1n) is 8.89. The molecule has 1 aliphatic heterocycles. The molecule has 0 unspecified atom stereocenters. The number of carbonyl (C=O) groups excluding carboxylic acids is 2. The van der Waals surface area contributed by atoms with E-state index in [9.17, 15) is 9.59 Å². The number of aliphatic imine (C=N–C) groups is 1. The van der Waals surface area contributed by atoms with E-state index in [2.05, 4.69) is 26.2 Å². The van der Waals surface area contributed by atoms with Crippen LogP contribution in [0.5, 0.6) is 5.75 Å². The van der Waals surface area contributed by atoms with Gasteiger partial charge in [0, 0.05) is 10.0 Å². The van der Waals surface area contributed by atoms with Gasteiger partial charge in [-0.1, -0.05) is 33.6 Å². The number of esters is 1. The highest BCUT2D eigenvalue weighted by Crippen LogP contribution is 2.32. The Kier molecular flexibility index (Phi) is 7.11. The third kappa shape index (κ3) is 5.95. The molecule has 2 aromatic rings. The Hall–Kier alpha value is -2.58. The first-order chi connectivity index (χ1) is 13.9. The lowest BCUT2D eigenvalue weighted by Crippen LogP contribution is -2.19. The van der Waals surface area contributed by atoms with Gasteiger partial charge < -0.3 is 14.8 Å². The van der Waals surface area contributed by atoms with Crippen molar-refractivity contribution in [2.24, 2.45) is 4.99 Å². The minimum atomic E-state index is -0.450. The van der Waals surface area contributed by atoms with Crippen LogP contribution in [0.3, 0.4) is 0 Å². The number of aryl methyl sites for hydroxylation is 1. The van der Waals surface area contributed by atoms with Crippen molar-refractivity contribution in [3.8, 4) is 5.75 Å². The van der Waals surface area contributed by atoms with E-state index in [1.54, 1.807) is 25.1 Å². The maximum Gasteiger partial charge on any atom is 0.344 e. The molecule has 1 amide bonds. The minimum Gasteiger partial charge on any atom is -0.481 e. The van der Waals surface area contributed by atoms with Crippen molar-refractivity contribution in [3.63, 3.8) is 0 Å². The van der Waals surface area contributed by atoms with Crippen LogP contribution in [0.1, 0.15) is 18.1 Å². The quantitative estimate of drug-likeness (QED) is 0.489. The van der Waals surface area contributed by atoms with Crippen LogP contribution in [0.15, 0.2) is 56.8 Å². The molecule has 0 aromatic heterocycles. The number of nitrogens with one attached hydrogen (secondary N) is 1. The Labute approximate surface area is 181 Å². The molecule has 29 heavy (non-hydrogen) atoms. The van der Waals surface area contributed by atoms with Crippen LogP contribution in [0, 0.1) is 6.92 Å². The fourth-order valence-electron chi connectivity index (χ4n) is 2.46. The molecule has 0 bridgehead atoms. The summed E-state index contributed by atoms with van der Waals surface area (Å²) in [6, 6.07) is 13.1. The normalized spacial score (nSPS) is 16.2. The molecule has 0 aliphatic carbocycles. The Morgan fingerprint density at radius 2 is 2.00 bits per heavy atom. The van der Waals surface area contributed by atoms with Crippen LogP contribution >= 0.6 is 27.7 Å². The summed E-state index contributed by atoms with van der Waals surface area (Å²) in [5.74, 6) is -0.210. The molecule has 2 aromatic carbocycles. The molecule has 0 atom stereocenters. The van der Waals surface area contributed by atoms with Crippen molar-refractivity contribution < 1.29 is 19.1 Å². The Bertz CT molecular complexity index is 987. The highest BCUT2D eigenvalue weighted by molar-refractivity contribution is 9.10. The van der Waals surface area contributed by atoms with E-state index in [0.717, 1.165) is 15.7 Å². The van der Waals surface area contributed by atoms with Gasteiger partial charge in [0.1, 0.15) is 5.75 Å². The fraction of sp³-hybridized carbons (Fsp3) is 0.190. The minimum absolute atomic E-state index is 0.203. The number of thioether (sulfide) groups is 1. The summed E-state index contributed by atoms with van der Waals surface area (Å²) in [6.07, 6.45) is 1.71. The van der Waals surface area contributed by atoms with Gasteiger partial charge in [0.2, 0.25) is 0 Å². The van der Waals surface area contributed by atoms with Crippen molar-refractivity contribution in [3.05, 3.63) is 63.0 Å². The fourth-order valence-corrected chi connectivity index (χ4v) is 3.67. The number of rotatable bonds is 6. The van der Waals surface area contributed by atoms with Gasteiger partial charge in [-0.25, -0.2) is 9.79 Å². The highest BCUT2D eigenvalue weighted by atomic mass is 79.9. The number of hydrogen-bond acceptors (Lipinski definition) is 6. The number of halogens is 1. The van der Waals surface area contributed by atoms with Gasteiger partial charge in [0.05, 0.1) is 17.2 Å². The van der Waals surface area contributed by atoms with Crippen LogP contribution in [-0.4, -0.2) is 30.3 Å². The van der Waals surface area contributed by atoms with Crippen LogP contribution in [0.25, 0.3) is 6.08 Å². The lowest BCUT2D eigenvalue weighted by molar-refractivity contribution is -0.145. The largest absolute Gasteiger partial charge is 0.481 e. The van der Waals surface area contributed by atoms with Crippen molar-refractivity contribution in [1.82, 2.24) is 5.32 Å². The van der Waals surface area contributed by atoms with E-state index in [4.69, 9.17) is 9.47 Å². The Morgan fingerprint density at radius 3 is 2.72 bits per heavy atom. The van der Waals surface area contributed by atoms with E-state index < -0.39 is 5.97 Å². The number of carbonyl (C=O) groups is 2. The first kappa shape index (κ1) is 21.1. The third-order valence-electron chi connectivity index (χ3n) is 3.82. The van der Waals surface area contributed by atoms with Crippen molar-refractivity contribution in [2.75, 3.05) is 13.2 Å². The number of nitrogens with zero attached hydrogens (tertiary/aromatic N) is 1. The lowest BCUT2D eigenvalue weighted by atomic mass is 10.2. The summed E-state index contributed by atoms with van der Waals surface area (Å²) in [4.78, 5) is 28.9. The number of ether oxygens (including phenoxy) is 2. The molecule has 150 valence electrons. The standard InChI is InChI=1S/C21H19BrN2O4S/c1-3-27-19(25)12-28-17-9-6-15(22)10-14(17)11-18-20(26)24-21(29-18)23-16-7-4-13(2)5-8-16/h4-11H,3,12H2,1-2H3,(H,23,24,26)/b18-11+. The molecule has 1 saturated heterocycles. The van der Waals surface area contributed by atoms with E-state index in [0.29, 0.717) is 28.0 Å². The SMILES string of the molecule is CCOC(=O)COc1ccc(Br)cc1/C=C1/SC(=Nc2ccc(C)cc2)NC1=O. The first-order valence-corrected chi connectivity index (χ1v) is 10.5. The van der Waals surface area contributed by atoms with Crippen LogP contribution in [0.2, 0.25) is 0 Å². The summed E-state index contributed by atoms with van der Waals surface area (Å²) in [5.41, 5.74) is 2.57. The molecule has 6 nitrogen and oxygen atoms in total. The number of hydrogen-bond donors (Lipinski definition) is 1. The van der Waals surface area contributed by atoms with E-state index >= 15 is 0 Å². The topological polar surface area (TPSA) is 77.0 Å². The third-order valence-corrected chi connectivity index (χ3v) is 5.23. The van der Waals surface area contributed by atoms with E-state index in [1.165, 1.54) is 11.8 Å². The maximum absolute atomic E-state index is 12.4. The molecule has 1 heterocycles. The molecular formula is C21H19BrN2O4S. The molecule has 0 saturated carbocycles. The highest BCUT2D eigenvalue weighted by Gasteiger charge is 2.24. The summed E-state index contributed by atoms with van der Waals surface area (Å²) < 4.78 is 11.3. The summed E-state index contributed by atoms with van der Waals surface area (Å²) in [5, 5.41) is 3.28. The van der Waals surface area contributed by atoms with Crippen LogP contribution < -0.4 is 10.1 Å². The zero-order chi connectivity index (χ0) is 20.8. The zero-order valence-electron chi connectivity index (χ0n) is 15.9. The van der Waals surface area contributed by atoms with Gasteiger partial charge in [-0.15, -0.1) is 0 Å².